The summed E-state index contributed by atoms with van der Waals surface area (Å²) < 4.78 is 49.3. The topological polar surface area (TPSA) is 91.5 Å². The molecule has 2 amide bonds. The zero-order chi connectivity index (χ0) is 33.6. The number of hydrogen-bond acceptors (Lipinski definition) is 6. The number of rotatable bonds is 5. The molecule has 0 aliphatic carbocycles. The van der Waals surface area contributed by atoms with Gasteiger partial charge in [0.05, 0.1) is 12.6 Å². The smallest absolute Gasteiger partial charge is 0.435 e. The number of aromatic nitrogens is 2. The van der Waals surface area contributed by atoms with E-state index < -0.39 is 29.5 Å². The molecule has 0 radical (unpaired) electrons. The van der Waals surface area contributed by atoms with Gasteiger partial charge in [-0.3, -0.25) is 9.48 Å². The Kier molecular flexibility index (Phi) is 8.85. The van der Waals surface area contributed by atoms with E-state index in [1.807, 2.05) is 20.8 Å². The number of ether oxygens (including phenoxy) is 1. The minimum Gasteiger partial charge on any atom is -0.444 e. The molecule has 244 valence electrons. The molecule has 2 aliphatic rings. The van der Waals surface area contributed by atoms with Crippen molar-refractivity contribution in [3.05, 3.63) is 75.3 Å². The van der Waals surface area contributed by atoms with E-state index in [9.17, 15) is 28.0 Å². The van der Waals surface area contributed by atoms with Crippen LogP contribution in [0.4, 0.5) is 18.0 Å². The molecule has 2 aromatic heterocycles. The number of nitrogens with zero attached hydrogens (tertiary/aromatic N) is 5. The Morgan fingerprint density at radius 1 is 1.17 bits per heavy atom. The van der Waals surface area contributed by atoms with Crippen molar-refractivity contribution in [2.45, 2.75) is 84.8 Å². The lowest BCUT2D eigenvalue weighted by Gasteiger charge is -2.33. The molecule has 2 atom stereocenters. The Morgan fingerprint density at radius 2 is 1.89 bits per heavy atom. The van der Waals surface area contributed by atoms with Gasteiger partial charge in [0, 0.05) is 48.3 Å². The number of alkyl halides is 3. The molecule has 0 spiro atoms. The van der Waals surface area contributed by atoms with Gasteiger partial charge in [-0.05, 0) is 62.3 Å². The third-order valence-electron chi connectivity index (χ3n) is 8.21. The molecule has 46 heavy (non-hydrogen) atoms. The molecule has 0 N–H and O–H groups in total. The highest BCUT2D eigenvalue weighted by molar-refractivity contribution is 7.12. The van der Waals surface area contributed by atoms with Crippen molar-refractivity contribution in [2.75, 3.05) is 13.1 Å². The summed E-state index contributed by atoms with van der Waals surface area (Å²) in [5.41, 5.74) is -0.0166. The minimum atomic E-state index is -4.66. The summed E-state index contributed by atoms with van der Waals surface area (Å²) in [7, 11) is 0. The Hall–Kier alpha value is -4.11. The number of carbonyl (C=O) groups is 2. The summed E-state index contributed by atoms with van der Waals surface area (Å²) in [6.07, 6.45) is 0.176. The molecule has 4 heterocycles. The SMILES string of the molecule is CCn1cc(-c2ccccc2[C@@H]2CN(C(=O)/C=C/[C@H]3CC(C)(C)CN3C(=O)OC(C)(C)C)Cc3sc(C#N)cc32)c(C(F)(F)F)n1. The molecule has 1 fully saturated rings. The third-order valence-corrected chi connectivity index (χ3v) is 9.25. The molecule has 1 aromatic carbocycles. The van der Waals surface area contributed by atoms with Crippen LogP contribution in [0.2, 0.25) is 0 Å². The zero-order valence-electron chi connectivity index (χ0n) is 26.8. The van der Waals surface area contributed by atoms with E-state index in [0.29, 0.717) is 29.0 Å². The second-order valence-electron chi connectivity index (χ2n) is 13.6. The number of fused-ring (bicyclic) bond motifs is 1. The van der Waals surface area contributed by atoms with Crippen LogP contribution < -0.4 is 0 Å². The highest BCUT2D eigenvalue weighted by Gasteiger charge is 2.42. The Morgan fingerprint density at radius 3 is 2.54 bits per heavy atom. The van der Waals surface area contributed by atoms with E-state index in [0.717, 1.165) is 10.4 Å². The van der Waals surface area contributed by atoms with Gasteiger partial charge in [0.25, 0.3) is 0 Å². The van der Waals surface area contributed by atoms with Crippen molar-refractivity contribution in [3.8, 4) is 17.2 Å². The quantitative estimate of drug-likeness (QED) is 0.265. The standard InChI is InChI=1S/C34H38F3N5O3S/c1-7-41-18-27(30(39-41)34(35,36)37)24-11-9-8-10-23(24)26-17-40(19-28-25(26)14-22(16-38)46-28)29(43)13-12-21-15-33(5,6)20-42(21)31(44)45-32(2,3)4/h8-14,18,21,26H,7,15,17,19-20H2,1-6H3/b13-12+/t21-,26-/m0/s1. The van der Waals surface area contributed by atoms with Gasteiger partial charge in [0.2, 0.25) is 5.91 Å². The van der Waals surface area contributed by atoms with Crippen LogP contribution in [-0.4, -0.2) is 56.3 Å². The van der Waals surface area contributed by atoms with Gasteiger partial charge in [0.15, 0.2) is 5.69 Å². The van der Waals surface area contributed by atoms with Crippen LogP contribution >= 0.6 is 11.3 Å². The van der Waals surface area contributed by atoms with E-state index >= 15 is 0 Å². The number of aryl methyl sites for hydroxylation is 1. The zero-order valence-corrected chi connectivity index (χ0v) is 27.6. The van der Waals surface area contributed by atoms with Crippen LogP contribution in [0, 0.1) is 16.7 Å². The maximum Gasteiger partial charge on any atom is 0.435 e. The summed E-state index contributed by atoms with van der Waals surface area (Å²) in [5.74, 6) is -0.769. The maximum atomic E-state index is 14.1. The third kappa shape index (κ3) is 6.99. The summed E-state index contributed by atoms with van der Waals surface area (Å²) in [5, 5.41) is 13.5. The number of thiophene rings is 1. The molecule has 2 aliphatic heterocycles. The maximum absolute atomic E-state index is 14.1. The lowest BCUT2D eigenvalue weighted by molar-refractivity contribution is -0.141. The van der Waals surface area contributed by atoms with Crippen molar-refractivity contribution < 1.29 is 27.5 Å². The number of likely N-dealkylation sites (tertiary alicyclic amines) is 1. The number of nitriles is 1. The summed E-state index contributed by atoms with van der Waals surface area (Å²) in [6.45, 7) is 12.5. The number of amides is 2. The average Bonchev–Trinajstić information content (AvgIpc) is 3.68. The molecule has 3 aromatic rings. The summed E-state index contributed by atoms with van der Waals surface area (Å²) >= 11 is 1.28. The van der Waals surface area contributed by atoms with Crippen molar-refractivity contribution in [2.24, 2.45) is 5.41 Å². The van der Waals surface area contributed by atoms with Crippen molar-refractivity contribution in [1.82, 2.24) is 19.6 Å². The molecule has 12 heteroatoms. The highest BCUT2D eigenvalue weighted by Crippen LogP contribution is 2.44. The van der Waals surface area contributed by atoms with Crippen molar-refractivity contribution in [1.29, 1.82) is 5.26 Å². The fourth-order valence-corrected chi connectivity index (χ4v) is 7.29. The predicted molar refractivity (Wildman–Crippen MR) is 169 cm³/mol. The molecular formula is C34H38F3N5O3S. The lowest BCUT2D eigenvalue weighted by atomic mass is 9.83. The summed E-state index contributed by atoms with van der Waals surface area (Å²) in [6, 6.07) is 10.5. The molecule has 0 saturated carbocycles. The van der Waals surface area contributed by atoms with Gasteiger partial charge < -0.3 is 14.5 Å². The molecule has 0 bridgehead atoms. The Labute approximate surface area is 271 Å². The first kappa shape index (κ1) is 33.3. The largest absolute Gasteiger partial charge is 0.444 e. The van der Waals surface area contributed by atoms with E-state index in [1.165, 1.54) is 28.3 Å². The van der Waals surface area contributed by atoms with Crippen LogP contribution in [0.3, 0.4) is 0 Å². The van der Waals surface area contributed by atoms with Crippen LogP contribution in [0.5, 0.6) is 0 Å². The first-order valence-corrected chi connectivity index (χ1v) is 16.0. The number of hydrogen-bond donors (Lipinski definition) is 0. The van der Waals surface area contributed by atoms with Crippen molar-refractivity contribution in [3.63, 3.8) is 0 Å². The number of halogens is 3. The molecule has 8 nitrogen and oxygen atoms in total. The van der Waals surface area contributed by atoms with E-state index in [1.54, 1.807) is 53.1 Å². The van der Waals surface area contributed by atoms with E-state index in [2.05, 4.69) is 25.0 Å². The highest BCUT2D eigenvalue weighted by atomic mass is 32.1. The molecule has 1 saturated heterocycles. The van der Waals surface area contributed by atoms with Crippen LogP contribution in [-0.2, 0) is 28.8 Å². The van der Waals surface area contributed by atoms with Gasteiger partial charge in [-0.2, -0.15) is 23.5 Å². The summed E-state index contributed by atoms with van der Waals surface area (Å²) in [4.78, 5) is 31.3. The van der Waals surface area contributed by atoms with E-state index in [-0.39, 0.29) is 42.6 Å². The first-order valence-electron chi connectivity index (χ1n) is 15.2. The van der Waals surface area contributed by atoms with Crippen molar-refractivity contribution >= 4 is 23.3 Å². The monoisotopic (exact) mass is 653 g/mol. The minimum absolute atomic E-state index is 0.0309. The number of carbonyl (C=O) groups excluding carboxylic acids is 2. The van der Waals surface area contributed by atoms with Gasteiger partial charge in [-0.25, -0.2) is 4.79 Å². The van der Waals surface area contributed by atoms with Gasteiger partial charge in [-0.15, -0.1) is 11.3 Å². The fourth-order valence-electron chi connectivity index (χ4n) is 6.25. The van der Waals surface area contributed by atoms with Gasteiger partial charge in [-0.1, -0.05) is 44.2 Å². The molecule has 5 rings (SSSR count). The lowest BCUT2D eigenvalue weighted by Crippen LogP contribution is -2.40. The Bertz CT molecular complexity index is 1710. The number of benzene rings is 1. The fraction of sp³-hybridized carbons (Fsp3) is 0.471. The normalized spacial score (nSPS) is 19.7. The predicted octanol–water partition coefficient (Wildman–Crippen LogP) is 7.59. The second kappa shape index (κ2) is 12.2. The van der Waals surface area contributed by atoms with Gasteiger partial charge >= 0.3 is 12.3 Å². The van der Waals surface area contributed by atoms with Gasteiger partial charge in [0.1, 0.15) is 16.5 Å². The van der Waals surface area contributed by atoms with E-state index in [4.69, 9.17) is 4.74 Å². The van der Waals surface area contributed by atoms with Crippen LogP contribution in [0.15, 0.2) is 48.7 Å². The van der Waals surface area contributed by atoms with Crippen LogP contribution in [0.25, 0.3) is 11.1 Å². The molecular weight excluding hydrogens is 615 g/mol. The average molecular weight is 654 g/mol. The van der Waals surface area contributed by atoms with Crippen LogP contribution in [0.1, 0.15) is 80.5 Å². The first-order chi connectivity index (χ1) is 21.5. The Balaban J connectivity index is 1.48. The molecule has 0 unspecified atom stereocenters. The second-order valence-corrected chi connectivity index (χ2v) is 14.7.